The molecule has 422 valence electrons. The quantitative estimate of drug-likeness (QED) is 0.112. The Balaban J connectivity index is 0.000000343. The van der Waals surface area contributed by atoms with Crippen molar-refractivity contribution >= 4 is 16.7 Å². The topological polar surface area (TPSA) is 111 Å². The molecule has 0 saturated carbocycles. The predicted octanol–water partition coefficient (Wildman–Crippen LogP) is 16.2. The third kappa shape index (κ3) is 22.4. The number of hydrogen-bond acceptors (Lipinski definition) is 7. The first-order valence-electron chi connectivity index (χ1n) is 24.9. The molecule has 0 fully saturated rings. The SMILES string of the molecule is CC(C)(C)c1c[c-]c(-c2ccccn2)cc1.CC(C)(C)c1c[c-]c(-c2nccc3ccccc23)cc1.CCCCOc1cc[c-]c(-c2ccccn2)c1.Fc1c[c-]c(-c2ccccn2)c(F)c1.O=C(O)c1ccccn1.[Ir].[Ir].[Ir].[Ir]. The van der Waals surface area contributed by atoms with Crippen LogP contribution in [0.3, 0.4) is 0 Å². The maximum atomic E-state index is 13.2. The van der Waals surface area contributed by atoms with Crippen molar-refractivity contribution in [3.8, 4) is 50.8 Å². The summed E-state index contributed by atoms with van der Waals surface area (Å²) in [4.78, 5) is 30.8. The van der Waals surface area contributed by atoms with E-state index in [1.54, 1.807) is 48.9 Å². The first-order valence-corrected chi connectivity index (χ1v) is 24.9. The number of halogens is 2. The van der Waals surface area contributed by atoms with Crippen LogP contribution < -0.4 is 4.74 Å². The first-order chi connectivity index (χ1) is 36.6. The predicted molar refractivity (Wildman–Crippen MR) is 300 cm³/mol. The van der Waals surface area contributed by atoms with Crippen LogP contribution in [-0.2, 0) is 91.3 Å². The van der Waals surface area contributed by atoms with Gasteiger partial charge in [-0.25, -0.2) is 9.78 Å². The number of carboxylic acid groups (broad SMARTS) is 1. The van der Waals surface area contributed by atoms with E-state index in [0.717, 1.165) is 71.1 Å². The Labute approximate surface area is 524 Å². The number of pyridine rings is 5. The van der Waals surface area contributed by atoms with E-state index in [2.05, 4.69) is 158 Å². The number of aromatic carboxylic acids is 1. The van der Waals surface area contributed by atoms with E-state index in [0.29, 0.717) is 5.69 Å². The zero-order valence-corrected chi connectivity index (χ0v) is 54.8. The van der Waals surface area contributed by atoms with Gasteiger partial charge in [0.15, 0.2) is 0 Å². The van der Waals surface area contributed by atoms with E-state index in [1.165, 1.54) is 34.2 Å². The molecule has 0 aliphatic rings. The van der Waals surface area contributed by atoms with Gasteiger partial charge in [0.25, 0.3) is 0 Å². The van der Waals surface area contributed by atoms with Crippen LogP contribution in [0.15, 0.2) is 201 Å². The Morgan fingerprint density at radius 3 is 1.56 bits per heavy atom. The summed E-state index contributed by atoms with van der Waals surface area (Å²) in [6, 6.07) is 64.8. The van der Waals surface area contributed by atoms with Crippen molar-refractivity contribution in [3.63, 3.8) is 0 Å². The van der Waals surface area contributed by atoms with Crippen LogP contribution >= 0.6 is 0 Å². The molecule has 5 heterocycles. The molecule has 0 saturated heterocycles. The fourth-order valence-electron chi connectivity index (χ4n) is 7.13. The summed E-state index contributed by atoms with van der Waals surface area (Å²) in [6.07, 6.45) is 10.7. The number of aromatic nitrogens is 5. The molecule has 0 amide bonds. The molecule has 8 nitrogen and oxygen atoms in total. The monoisotopic (exact) mass is 1780 g/mol. The van der Waals surface area contributed by atoms with Gasteiger partial charge in [-0.15, -0.1) is 113 Å². The summed E-state index contributed by atoms with van der Waals surface area (Å²) in [5, 5.41) is 10.7. The standard InChI is InChI=1S/C19H18N.C15H16NO.C15H16N.C11H6F2N.C6H5NO2.4Ir/c1-19(2,3)16-10-8-15(9-11-16)18-17-7-5-4-6-14(17)12-13-20-18;1-2-3-11-17-14-8-6-7-13(12-14)15-9-4-5-10-16-15;1-15(2,3)13-9-7-12(8-10-13)14-6-4-5-11-16-14;12-8-4-5-9(10(13)7-8)11-3-1-2-6-14-11;8-6(9)5-3-1-2-4-7-5;;;;/h4-8,10-13H,1-3H3;4-6,8-10,12H,2-3,11H2,1H3;4-7,9-11H,1-3H3;1-4,6-7H;1-4H,(H,8,9);;;;/q4*-1;;;;;. The fourth-order valence-corrected chi connectivity index (χ4v) is 7.13. The molecule has 0 bridgehead atoms. The Morgan fingerprint density at radius 2 is 1.07 bits per heavy atom. The molecular formula is C66H61F2Ir4N5O3-4. The fraction of sp³-hybridized carbons (Fsp3) is 0.182. The van der Waals surface area contributed by atoms with Crippen molar-refractivity contribution in [2.75, 3.05) is 6.61 Å². The molecule has 10 rings (SSSR count). The maximum absolute atomic E-state index is 13.2. The first kappa shape index (κ1) is 69.9. The van der Waals surface area contributed by atoms with Gasteiger partial charge in [0.1, 0.15) is 5.69 Å². The molecule has 5 aromatic carbocycles. The second-order valence-corrected chi connectivity index (χ2v) is 19.2. The van der Waals surface area contributed by atoms with Crippen LogP contribution in [0.5, 0.6) is 5.75 Å². The van der Waals surface area contributed by atoms with Gasteiger partial charge in [0, 0.05) is 129 Å². The summed E-state index contributed by atoms with van der Waals surface area (Å²) >= 11 is 0. The van der Waals surface area contributed by atoms with E-state index in [9.17, 15) is 13.6 Å². The van der Waals surface area contributed by atoms with Crippen LogP contribution in [0.1, 0.15) is 82.9 Å². The van der Waals surface area contributed by atoms with Gasteiger partial charge in [-0.2, -0.15) is 0 Å². The van der Waals surface area contributed by atoms with Crippen molar-refractivity contribution in [3.05, 3.63) is 254 Å². The molecule has 10 aromatic rings. The van der Waals surface area contributed by atoms with Crippen molar-refractivity contribution in [2.24, 2.45) is 0 Å². The minimum absolute atomic E-state index is 0. The van der Waals surface area contributed by atoms with Crippen molar-refractivity contribution in [1.82, 2.24) is 24.9 Å². The van der Waals surface area contributed by atoms with Crippen LogP contribution in [0, 0.1) is 35.9 Å². The number of nitrogens with zero attached hydrogens (tertiary/aromatic N) is 5. The Bertz CT molecular complexity index is 3330. The van der Waals surface area contributed by atoms with E-state index in [4.69, 9.17) is 9.84 Å². The van der Waals surface area contributed by atoms with Crippen molar-refractivity contribution in [1.29, 1.82) is 0 Å². The number of carboxylic acids is 1. The molecule has 5 aromatic heterocycles. The van der Waals surface area contributed by atoms with Crippen molar-refractivity contribution < 1.29 is 104 Å². The number of carbonyl (C=O) groups is 1. The Kier molecular flexibility index (Phi) is 31.1. The van der Waals surface area contributed by atoms with Gasteiger partial charge in [0.05, 0.1) is 6.61 Å². The number of rotatable bonds is 9. The Hall–Kier alpha value is -6.16. The van der Waals surface area contributed by atoms with Crippen LogP contribution in [-0.4, -0.2) is 42.6 Å². The maximum Gasteiger partial charge on any atom is 0.354 e. The third-order valence-corrected chi connectivity index (χ3v) is 11.4. The second kappa shape index (κ2) is 35.5. The molecule has 4 radical (unpaired) electrons. The second-order valence-electron chi connectivity index (χ2n) is 19.2. The van der Waals surface area contributed by atoms with Gasteiger partial charge < -0.3 is 29.8 Å². The summed E-state index contributed by atoms with van der Waals surface area (Å²) in [5.74, 6) is -1.39. The van der Waals surface area contributed by atoms with Crippen LogP contribution in [0.4, 0.5) is 8.78 Å². The summed E-state index contributed by atoms with van der Waals surface area (Å²) in [7, 11) is 0. The van der Waals surface area contributed by atoms with E-state index < -0.39 is 17.6 Å². The van der Waals surface area contributed by atoms with Crippen LogP contribution in [0.2, 0.25) is 0 Å². The van der Waals surface area contributed by atoms with Gasteiger partial charge in [0.2, 0.25) is 0 Å². The van der Waals surface area contributed by atoms with Gasteiger partial charge in [-0.05, 0) is 87.2 Å². The minimum Gasteiger partial charge on any atom is -0.513 e. The molecule has 0 unspecified atom stereocenters. The number of fused-ring (bicyclic) bond motifs is 1. The summed E-state index contributed by atoms with van der Waals surface area (Å²) in [5.41, 5.74) is 9.62. The molecule has 0 atom stereocenters. The third-order valence-electron chi connectivity index (χ3n) is 11.4. The van der Waals surface area contributed by atoms with Gasteiger partial charge >= 0.3 is 5.97 Å². The molecule has 0 spiro atoms. The molecule has 0 aliphatic heterocycles. The number of ether oxygens (including phenoxy) is 1. The van der Waals surface area contributed by atoms with Gasteiger partial charge in [-0.1, -0.05) is 133 Å². The summed E-state index contributed by atoms with van der Waals surface area (Å²) < 4.78 is 31.5. The zero-order valence-electron chi connectivity index (χ0n) is 45.3. The number of hydrogen-bond donors (Lipinski definition) is 1. The largest absolute Gasteiger partial charge is 0.513 e. The van der Waals surface area contributed by atoms with E-state index in [1.807, 2.05) is 66.9 Å². The smallest absolute Gasteiger partial charge is 0.354 e. The summed E-state index contributed by atoms with van der Waals surface area (Å²) in [6.45, 7) is 16.2. The molecule has 14 heteroatoms. The van der Waals surface area contributed by atoms with E-state index in [-0.39, 0.29) is 103 Å². The zero-order chi connectivity index (χ0) is 54.3. The number of benzene rings is 5. The van der Waals surface area contributed by atoms with E-state index >= 15 is 0 Å². The number of unbranched alkanes of at least 4 members (excludes halogenated alkanes) is 1. The van der Waals surface area contributed by atoms with Crippen LogP contribution in [0.25, 0.3) is 55.8 Å². The molecule has 80 heavy (non-hydrogen) atoms. The average Bonchev–Trinajstić information content (AvgIpc) is 3.45. The molecular weight excluding hydrogens is 1720 g/mol. The Morgan fingerprint density at radius 1 is 0.537 bits per heavy atom. The average molecular weight is 1780 g/mol. The molecule has 1 N–H and O–H groups in total. The molecule has 0 aliphatic carbocycles. The van der Waals surface area contributed by atoms with Gasteiger partial charge in [-0.3, -0.25) is 8.78 Å². The minimum atomic E-state index is -0.990. The van der Waals surface area contributed by atoms with Crippen molar-refractivity contribution in [2.45, 2.75) is 72.1 Å². The normalized spacial score (nSPS) is 10.2.